The van der Waals surface area contributed by atoms with Crippen LogP contribution < -0.4 is 14.8 Å². The summed E-state index contributed by atoms with van der Waals surface area (Å²) in [5.41, 5.74) is 2.08. The van der Waals surface area contributed by atoms with E-state index in [0.29, 0.717) is 34.2 Å². The molecule has 3 aromatic rings. The van der Waals surface area contributed by atoms with Gasteiger partial charge in [0.15, 0.2) is 5.13 Å². The van der Waals surface area contributed by atoms with Gasteiger partial charge in [-0.25, -0.2) is 4.98 Å². The van der Waals surface area contributed by atoms with E-state index in [-0.39, 0.29) is 5.91 Å². The minimum absolute atomic E-state index is 0.315. The Morgan fingerprint density at radius 2 is 1.96 bits per heavy atom. The molecule has 0 aliphatic heterocycles. The fraction of sp³-hybridized carbons (Fsp3) is 0.150. The highest BCUT2D eigenvalue weighted by Gasteiger charge is 2.15. The van der Waals surface area contributed by atoms with E-state index in [1.165, 1.54) is 18.4 Å². The Morgan fingerprint density at radius 1 is 1.19 bits per heavy atom. The Kier molecular flexibility index (Phi) is 5.69. The Morgan fingerprint density at radius 3 is 2.63 bits per heavy atom. The number of amides is 1. The number of hydrogen-bond acceptors (Lipinski definition) is 6. The van der Waals surface area contributed by atoms with Crippen LogP contribution in [-0.2, 0) is 6.42 Å². The van der Waals surface area contributed by atoms with Gasteiger partial charge in [0.2, 0.25) is 0 Å². The van der Waals surface area contributed by atoms with E-state index < -0.39 is 0 Å². The molecule has 1 N–H and O–H groups in total. The van der Waals surface area contributed by atoms with Crippen LogP contribution in [0.5, 0.6) is 11.5 Å². The lowest BCUT2D eigenvalue weighted by Crippen LogP contribution is -2.13. The fourth-order valence-electron chi connectivity index (χ4n) is 2.50. The molecule has 2 aromatic carbocycles. The number of carbonyl (C=O) groups is 1. The van der Waals surface area contributed by atoms with Crippen LogP contribution in [0.15, 0.2) is 48.7 Å². The summed E-state index contributed by atoms with van der Waals surface area (Å²) in [6.07, 6.45) is 2.42. The highest BCUT2D eigenvalue weighted by Crippen LogP contribution is 2.26. The van der Waals surface area contributed by atoms with Gasteiger partial charge < -0.3 is 9.47 Å². The molecule has 0 aliphatic rings. The lowest BCUT2D eigenvalue weighted by molar-refractivity contribution is 0.102. The molecule has 0 unspecified atom stereocenters. The van der Waals surface area contributed by atoms with Gasteiger partial charge in [-0.15, -0.1) is 11.3 Å². The Hall–Kier alpha value is -3.37. The largest absolute Gasteiger partial charge is 0.497 e. The van der Waals surface area contributed by atoms with Crippen molar-refractivity contribution in [1.82, 2.24) is 4.98 Å². The van der Waals surface area contributed by atoms with Crippen LogP contribution in [0.4, 0.5) is 5.13 Å². The molecule has 3 rings (SSSR count). The van der Waals surface area contributed by atoms with Crippen molar-refractivity contribution in [3.8, 4) is 17.6 Å². The van der Waals surface area contributed by atoms with Crippen LogP contribution in [-0.4, -0.2) is 25.1 Å². The standard InChI is InChI=1S/C20H17N3O3S/c1-25-15-7-8-18(26-2)17(10-15)19(24)23-20-22-12-16(27-20)9-13-3-5-14(11-21)6-4-13/h3-8,10,12H,9H2,1-2H3,(H,22,23,24). The molecule has 0 saturated carbocycles. The molecule has 0 radical (unpaired) electrons. The third kappa shape index (κ3) is 4.43. The van der Waals surface area contributed by atoms with E-state index >= 15 is 0 Å². The predicted octanol–water partition coefficient (Wildman–Crippen LogP) is 3.88. The first-order valence-electron chi connectivity index (χ1n) is 8.10. The lowest BCUT2D eigenvalue weighted by atomic mass is 10.1. The molecule has 0 aliphatic carbocycles. The molecule has 0 fully saturated rings. The Balaban J connectivity index is 1.72. The second-order valence-corrected chi connectivity index (χ2v) is 6.75. The normalized spacial score (nSPS) is 10.1. The van der Waals surface area contributed by atoms with E-state index in [1.54, 1.807) is 43.6 Å². The van der Waals surface area contributed by atoms with Gasteiger partial charge in [0, 0.05) is 17.5 Å². The van der Waals surface area contributed by atoms with Crippen LogP contribution in [0.3, 0.4) is 0 Å². The van der Waals surface area contributed by atoms with Crippen LogP contribution >= 0.6 is 11.3 Å². The van der Waals surface area contributed by atoms with Gasteiger partial charge in [0.1, 0.15) is 11.5 Å². The molecule has 136 valence electrons. The van der Waals surface area contributed by atoms with Crippen molar-refractivity contribution < 1.29 is 14.3 Å². The fourth-order valence-corrected chi connectivity index (χ4v) is 3.34. The van der Waals surface area contributed by atoms with Crippen molar-refractivity contribution in [3.63, 3.8) is 0 Å². The number of carbonyl (C=O) groups excluding carboxylic acids is 1. The number of ether oxygens (including phenoxy) is 2. The molecule has 1 aromatic heterocycles. The van der Waals surface area contributed by atoms with Crippen molar-refractivity contribution >= 4 is 22.4 Å². The van der Waals surface area contributed by atoms with Gasteiger partial charge in [0.05, 0.1) is 31.4 Å². The SMILES string of the molecule is COc1ccc(OC)c(C(=O)Nc2ncc(Cc3ccc(C#N)cc3)s2)c1. The smallest absolute Gasteiger partial charge is 0.261 e. The van der Waals surface area contributed by atoms with E-state index in [2.05, 4.69) is 16.4 Å². The summed E-state index contributed by atoms with van der Waals surface area (Å²) in [6.45, 7) is 0. The first-order valence-corrected chi connectivity index (χ1v) is 8.91. The van der Waals surface area contributed by atoms with Crippen LogP contribution in [0.1, 0.15) is 26.4 Å². The lowest BCUT2D eigenvalue weighted by Gasteiger charge is -2.09. The molecule has 0 spiro atoms. The molecule has 6 nitrogen and oxygen atoms in total. The van der Waals surface area contributed by atoms with Gasteiger partial charge in [-0.05, 0) is 35.9 Å². The summed E-state index contributed by atoms with van der Waals surface area (Å²) >= 11 is 1.40. The maximum absolute atomic E-state index is 12.6. The number of aromatic nitrogens is 1. The van der Waals surface area contributed by atoms with Gasteiger partial charge in [-0.2, -0.15) is 5.26 Å². The molecule has 0 bridgehead atoms. The first kappa shape index (κ1) is 18.4. The quantitative estimate of drug-likeness (QED) is 0.703. The van der Waals surface area contributed by atoms with E-state index in [0.717, 1.165) is 10.4 Å². The summed E-state index contributed by atoms with van der Waals surface area (Å²) < 4.78 is 10.4. The zero-order valence-electron chi connectivity index (χ0n) is 14.9. The molecule has 7 heteroatoms. The highest BCUT2D eigenvalue weighted by atomic mass is 32.1. The molecule has 1 heterocycles. The number of nitriles is 1. The van der Waals surface area contributed by atoms with Crippen molar-refractivity contribution in [2.24, 2.45) is 0 Å². The zero-order chi connectivity index (χ0) is 19.2. The summed E-state index contributed by atoms with van der Waals surface area (Å²) in [6, 6.07) is 14.5. The maximum Gasteiger partial charge on any atom is 0.261 e. The first-order chi connectivity index (χ1) is 13.1. The number of nitrogens with zero attached hydrogens (tertiary/aromatic N) is 2. The summed E-state index contributed by atoms with van der Waals surface area (Å²) in [5.74, 6) is 0.717. The third-order valence-electron chi connectivity index (χ3n) is 3.89. The van der Waals surface area contributed by atoms with Gasteiger partial charge >= 0.3 is 0 Å². The maximum atomic E-state index is 12.6. The topological polar surface area (TPSA) is 84.2 Å². The molecule has 27 heavy (non-hydrogen) atoms. The number of methoxy groups -OCH3 is 2. The van der Waals surface area contributed by atoms with Crippen molar-refractivity contribution in [2.75, 3.05) is 19.5 Å². The van der Waals surface area contributed by atoms with Crippen LogP contribution in [0, 0.1) is 11.3 Å². The van der Waals surface area contributed by atoms with Crippen LogP contribution in [0.2, 0.25) is 0 Å². The van der Waals surface area contributed by atoms with Crippen molar-refractivity contribution in [2.45, 2.75) is 6.42 Å². The number of anilines is 1. The van der Waals surface area contributed by atoms with E-state index in [4.69, 9.17) is 14.7 Å². The average molecular weight is 379 g/mol. The molecule has 0 saturated heterocycles. The highest BCUT2D eigenvalue weighted by molar-refractivity contribution is 7.15. The average Bonchev–Trinajstić information content (AvgIpc) is 3.14. The van der Waals surface area contributed by atoms with E-state index in [1.807, 2.05) is 12.1 Å². The van der Waals surface area contributed by atoms with Crippen molar-refractivity contribution in [3.05, 3.63) is 70.2 Å². The second-order valence-electron chi connectivity index (χ2n) is 5.64. The number of rotatable bonds is 6. The zero-order valence-corrected chi connectivity index (χ0v) is 15.7. The minimum Gasteiger partial charge on any atom is -0.497 e. The van der Waals surface area contributed by atoms with Gasteiger partial charge in [-0.1, -0.05) is 12.1 Å². The number of nitrogens with one attached hydrogen (secondary N) is 1. The molecular formula is C20H17N3O3S. The van der Waals surface area contributed by atoms with Crippen LogP contribution in [0.25, 0.3) is 0 Å². The summed E-state index contributed by atoms with van der Waals surface area (Å²) in [7, 11) is 3.05. The Labute approximate surface area is 161 Å². The third-order valence-corrected chi connectivity index (χ3v) is 4.80. The number of thiazole rings is 1. The second kappa shape index (κ2) is 8.34. The van der Waals surface area contributed by atoms with Gasteiger partial charge in [-0.3, -0.25) is 10.1 Å². The predicted molar refractivity (Wildman–Crippen MR) is 104 cm³/mol. The number of hydrogen-bond donors (Lipinski definition) is 1. The molecular weight excluding hydrogens is 362 g/mol. The monoisotopic (exact) mass is 379 g/mol. The molecule has 1 amide bonds. The Bertz CT molecular complexity index is 990. The summed E-state index contributed by atoms with van der Waals surface area (Å²) in [4.78, 5) is 17.9. The molecule has 0 atom stereocenters. The van der Waals surface area contributed by atoms with E-state index in [9.17, 15) is 4.79 Å². The van der Waals surface area contributed by atoms with Gasteiger partial charge in [0.25, 0.3) is 5.91 Å². The van der Waals surface area contributed by atoms with Crippen molar-refractivity contribution in [1.29, 1.82) is 5.26 Å². The number of benzene rings is 2. The minimum atomic E-state index is -0.315. The summed E-state index contributed by atoms with van der Waals surface area (Å²) in [5, 5.41) is 12.2.